The second-order valence-corrected chi connectivity index (χ2v) is 11.6. The van der Waals surface area contributed by atoms with Gasteiger partial charge in [0.25, 0.3) is 6.47 Å². The van der Waals surface area contributed by atoms with E-state index in [9.17, 15) is 9.90 Å². The van der Waals surface area contributed by atoms with Crippen LogP contribution in [0.15, 0.2) is 24.4 Å². The van der Waals surface area contributed by atoms with Crippen molar-refractivity contribution in [3.63, 3.8) is 0 Å². The largest absolute Gasteiger partial charge is 0.483 e. The van der Waals surface area contributed by atoms with E-state index < -0.39 is 5.97 Å². The molecule has 2 aliphatic heterocycles. The second kappa shape index (κ2) is 13.1. The van der Waals surface area contributed by atoms with Gasteiger partial charge in [-0.2, -0.15) is 5.10 Å². The lowest BCUT2D eigenvalue weighted by molar-refractivity contribution is -0.138. The Morgan fingerprint density at radius 2 is 1.98 bits per heavy atom. The number of likely N-dealkylation sites (tertiary alicyclic amines) is 1. The highest BCUT2D eigenvalue weighted by Crippen LogP contribution is 2.33. The Bertz CT molecular complexity index is 1350. The summed E-state index contributed by atoms with van der Waals surface area (Å²) in [7, 11) is 0. The molecule has 2 aliphatic rings. The molecule has 0 amide bonds. The molecule has 4 heterocycles. The van der Waals surface area contributed by atoms with Gasteiger partial charge in [0.2, 0.25) is 0 Å². The smallest absolute Gasteiger partial charge is 0.303 e. The summed E-state index contributed by atoms with van der Waals surface area (Å²) in [4.78, 5) is 34.2. The number of hydrogen-bond acceptors (Lipinski definition) is 7. The van der Waals surface area contributed by atoms with Gasteiger partial charge in [-0.25, -0.2) is 14.6 Å². The van der Waals surface area contributed by atoms with E-state index >= 15 is 0 Å². The third-order valence-electron chi connectivity index (χ3n) is 8.00. The third kappa shape index (κ3) is 6.67. The highest BCUT2D eigenvalue weighted by molar-refractivity contribution is 6.35. The number of aryl methyl sites for hydroxylation is 1. The van der Waals surface area contributed by atoms with Gasteiger partial charge >= 0.3 is 5.97 Å². The fourth-order valence-corrected chi connectivity index (χ4v) is 6.70. The zero-order valence-electron chi connectivity index (χ0n) is 23.0. The summed E-state index contributed by atoms with van der Waals surface area (Å²) in [5, 5.41) is 22.1. The number of carboxylic acids is 1. The minimum Gasteiger partial charge on any atom is -0.483 e. The molecule has 10 nitrogen and oxygen atoms in total. The summed E-state index contributed by atoms with van der Waals surface area (Å²) in [6.45, 7) is 9.77. The number of nitrogens with zero attached hydrogens (tertiary/aromatic N) is 6. The number of aromatic nitrogens is 4. The van der Waals surface area contributed by atoms with Gasteiger partial charge in [-0.05, 0) is 69.2 Å². The molecule has 5 rings (SSSR count). The van der Waals surface area contributed by atoms with E-state index in [0.29, 0.717) is 22.0 Å². The van der Waals surface area contributed by atoms with Crippen LogP contribution in [0.5, 0.6) is 0 Å². The molecule has 1 unspecified atom stereocenters. The van der Waals surface area contributed by atoms with Crippen molar-refractivity contribution in [2.24, 2.45) is 11.8 Å². The molecule has 2 saturated heterocycles. The lowest BCUT2D eigenvalue weighted by Gasteiger charge is -2.45. The Morgan fingerprint density at radius 1 is 1.23 bits per heavy atom. The summed E-state index contributed by atoms with van der Waals surface area (Å²) in [5.41, 5.74) is 3.30. The molecule has 0 radical (unpaired) electrons. The van der Waals surface area contributed by atoms with Crippen molar-refractivity contribution in [1.29, 1.82) is 0 Å². The summed E-state index contributed by atoms with van der Waals surface area (Å²) >= 11 is 12.6. The van der Waals surface area contributed by atoms with E-state index in [1.54, 1.807) is 6.07 Å². The Kier molecular flexibility index (Phi) is 9.86. The number of aliphatic carboxylic acids is 1. The van der Waals surface area contributed by atoms with Crippen LogP contribution in [-0.4, -0.2) is 79.5 Å². The highest BCUT2D eigenvalue weighted by atomic mass is 35.5. The number of anilines is 1. The molecule has 0 aliphatic carbocycles. The lowest BCUT2D eigenvalue weighted by Crippen LogP contribution is -2.53. The fourth-order valence-electron chi connectivity index (χ4n) is 6.13. The molecule has 3 aromatic rings. The highest BCUT2D eigenvalue weighted by Gasteiger charge is 2.34. The molecular weight excluding hydrogens is 555 g/mol. The van der Waals surface area contributed by atoms with E-state index in [1.165, 1.54) is 0 Å². The maximum absolute atomic E-state index is 11.2. The molecule has 40 heavy (non-hydrogen) atoms. The molecule has 12 heteroatoms. The quantitative estimate of drug-likeness (QED) is 0.375. The predicted molar refractivity (Wildman–Crippen MR) is 155 cm³/mol. The number of piperidine rings is 2. The average molecular weight is 592 g/mol. The summed E-state index contributed by atoms with van der Waals surface area (Å²) in [6.07, 6.45) is 5.24. The van der Waals surface area contributed by atoms with Gasteiger partial charge in [0.15, 0.2) is 5.65 Å². The van der Waals surface area contributed by atoms with Crippen LogP contribution in [-0.2, 0) is 9.59 Å². The minimum absolute atomic E-state index is 0.131. The molecule has 216 valence electrons. The Labute approximate surface area is 243 Å². The zero-order chi connectivity index (χ0) is 29.0. The van der Waals surface area contributed by atoms with Crippen LogP contribution in [0.4, 0.5) is 5.82 Å². The van der Waals surface area contributed by atoms with Crippen molar-refractivity contribution in [2.45, 2.75) is 58.5 Å². The Morgan fingerprint density at radius 3 is 2.65 bits per heavy atom. The van der Waals surface area contributed by atoms with Crippen molar-refractivity contribution in [3.8, 4) is 0 Å². The Balaban J connectivity index is 0.00000118. The van der Waals surface area contributed by atoms with Crippen molar-refractivity contribution < 1.29 is 19.8 Å². The summed E-state index contributed by atoms with van der Waals surface area (Å²) in [5.74, 6) is 0.860. The first-order valence-corrected chi connectivity index (χ1v) is 14.3. The number of hydrogen-bond donors (Lipinski definition) is 2. The number of benzene rings is 1. The van der Waals surface area contributed by atoms with Crippen molar-refractivity contribution >= 4 is 52.6 Å². The number of carboxylic acid groups (broad SMARTS) is 2. The van der Waals surface area contributed by atoms with Gasteiger partial charge in [-0.1, -0.05) is 36.2 Å². The van der Waals surface area contributed by atoms with Crippen LogP contribution in [0.2, 0.25) is 10.0 Å². The van der Waals surface area contributed by atoms with E-state index in [0.717, 1.165) is 73.7 Å². The lowest BCUT2D eigenvalue weighted by atomic mass is 9.87. The van der Waals surface area contributed by atoms with Crippen molar-refractivity contribution in [1.82, 2.24) is 24.6 Å². The maximum Gasteiger partial charge on any atom is 0.303 e. The van der Waals surface area contributed by atoms with Crippen LogP contribution < -0.4 is 4.90 Å². The van der Waals surface area contributed by atoms with Crippen LogP contribution in [0.3, 0.4) is 0 Å². The first kappa shape index (κ1) is 30.0. The monoisotopic (exact) mass is 590 g/mol. The fraction of sp³-hybridized carbons (Fsp3) is 0.536. The van der Waals surface area contributed by atoms with Crippen molar-refractivity contribution in [3.05, 3.63) is 45.7 Å². The van der Waals surface area contributed by atoms with Crippen LogP contribution >= 0.6 is 23.2 Å². The van der Waals surface area contributed by atoms with E-state index in [-0.39, 0.29) is 24.9 Å². The number of halogens is 2. The predicted octanol–water partition coefficient (Wildman–Crippen LogP) is 5.15. The van der Waals surface area contributed by atoms with Gasteiger partial charge in [0.05, 0.1) is 17.9 Å². The SMILES string of the molecule is Cc1nn([C@H](C)c2ccc(Cl)cc2Cl)c2nc(N3CC[C@H](N4CCCC(CC(=O)O)C4)[C@H](C)C3)cnc12.O=CO. The molecule has 2 N–H and O–H groups in total. The molecule has 2 aromatic heterocycles. The first-order chi connectivity index (χ1) is 19.1. The minimum atomic E-state index is -0.689. The molecule has 4 atom stereocenters. The van der Waals surface area contributed by atoms with Crippen molar-refractivity contribution in [2.75, 3.05) is 31.1 Å². The summed E-state index contributed by atoms with van der Waals surface area (Å²) < 4.78 is 1.91. The van der Waals surface area contributed by atoms with Gasteiger partial charge in [0, 0.05) is 42.1 Å². The molecule has 0 saturated carbocycles. The van der Waals surface area contributed by atoms with Crippen LogP contribution in [0, 0.1) is 18.8 Å². The summed E-state index contributed by atoms with van der Waals surface area (Å²) in [6, 6.07) is 5.86. The third-order valence-corrected chi connectivity index (χ3v) is 8.57. The normalized spacial score (nSPS) is 22.4. The van der Waals surface area contributed by atoms with Crippen LogP contribution in [0.25, 0.3) is 11.2 Å². The van der Waals surface area contributed by atoms with Crippen LogP contribution in [0.1, 0.15) is 56.8 Å². The molecule has 0 spiro atoms. The van der Waals surface area contributed by atoms with Gasteiger partial charge in [-0.15, -0.1) is 0 Å². The first-order valence-electron chi connectivity index (χ1n) is 13.6. The molecular formula is C28H36Cl2N6O4. The van der Waals surface area contributed by atoms with E-state index in [4.69, 9.17) is 48.2 Å². The maximum atomic E-state index is 11.2. The standard InChI is InChI=1S/C27H34Cl2N6O2.CH2O2/c1-16-14-34(10-8-23(16)33-9-4-5-19(15-33)11-25(36)37)24-13-30-26-17(2)32-35(27(26)31-24)18(3)21-7-6-20(28)12-22(21)29;2-1-3/h6-7,12-13,16,18-19,23H,4-5,8-11,14-15H2,1-3H3,(H,36,37);1H,(H,2,3)/t16-,18-,19?,23+;/m1./s1. The van der Waals surface area contributed by atoms with Gasteiger partial charge < -0.3 is 15.1 Å². The van der Waals surface area contributed by atoms with E-state index in [1.807, 2.05) is 29.9 Å². The molecule has 0 bridgehead atoms. The number of carbonyl (C=O) groups is 2. The number of rotatable bonds is 6. The molecule has 1 aromatic carbocycles. The van der Waals surface area contributed by atoms with Gasteiger partial charge in [0.1, 0.15) is 11.3 Å². The Hall–Kier alpha value is -2.95. The average Bonchev–Trinajstić information content (AvgIpc) is 3.24. The van der Waals surface area contributed by atoms with E-state index in [2.05, 4.69) is 23.6 Å². The number of fused-ring (bicyclic) bond motifs is 1. The van der Waals surface area contributed by atoms with Gasteiger partial charge in [-0.3, -0.25) is 14.5 Å². The zero-order valence-corrected chi connectivity index (χ0v) is 24.5. The second-order valence-electron chi connectivity index (χ2n) is 10.8. The molecule has 2 fully saturated rings. The topological polar surface area (TPSA) is 125 Å².